The highest BCUT2D eigenvalue weighted by Crippen LogP contribution is 2.33. The number of benzene rings is 1. The third kappa shape index (κ3) is 3.00. The van der Waals surface area contributed by atoms with Gasteiger partial charge in [-0.15, -0.1) is 0 Å². The minimum Gasteiger partial charge on any atom is -0.366 e. The molecular formula is C19H27N3O. The number of hydrogen-bond donors (Lipinski definition) is 1. The summed E-state index contributed by atoms with van der Waals surface area (Å²) >= 11 is 0. The molecule has 124 valence electrons. The van der Waals surface area contributed by atoms with Crippen molar-refractivity contribution >= 4 is 16.8 Å². The summed E-state index contributed by atoms with van der Waals surface area (Å²) in [4.78, 5) is 14.5. The van der Waals surface area contributed by atoms with E-state index in [-0.39, 0.29) is 5.91 Å². The van der Waals surface area contributed by atoms with Gasteiger partial charge < -0.3 is 15.2 Å². The van der Waals surface area contributed by atoms with Crippen molar-refractivity contribution in [1.82, 2.24) is 9.47 Å². The monoisotopic (exact) mass is 313 g/mol. The third-order valence-electron chi connectivity index (χ3n) is 5.15. The molecule has 0 bridgehead atoms. The van der Waals surface area contributed by atoms with E-state index < -0.39 is 0 Å². The van der Waals surface area contributed by atoms with Crippen molar-refractivity contribution in [3.8, 4) is 0 Å². The lowest BCUT2D eigenvalue weighted by atomic mass is 10.0. The average Bonchev–Trinajstić information content (AvgIpc) is 2.85. The van der Waals surface area contributed by atoms with Crippen LogP contribution in [0.4, 0.5) is 0 Å². The third-order valence-corrected chi connectivity index (χ3v) is 5.15. The van der Waals surface area contributed by atoms with E-state index in [9.17, 15) is 4.79 Å². The van der Waals surface area contributed by atoms with Crippen molar-refractivity contribution in [2.75, 3.05) is 19.6 Å². The fraction of sp³-hybridized carbons (Fsp3) is 0.526. The Morgan fingerprint density at radius 3 is 2.61 bits per heavy atom. The number of amides is 1. The van der Waals surface area contributed by atoms with Gasteiger partial charge in [-0.3, -0.25) is 4.79 Å². The van der Waals surface area contributed by atoms with Gasteiger partial charge >= 0.3 is 0 Å². The molecule has 0 unspecified atom stereocenters. The number of para-hydroxylation sites is 1. The van der Waals surface area contributed by atoms with Gasteiger partial charge in [-0.1, -0.05) is 31.5 Å². The maximum atomic E-state index is 11.9. The van der Waals surface area contributed by atoms with E-state index in [2.05, 4.69) is 22.5 Å². The van der Waals surface area contributed by atoms with Gasteiger partial charge in [0.2, 0.25) is 0 Å². The Hall–Kier alpha value is -1.81. The van der Waals surface area contributed by atoms with Crippen LogP contribution in [0.15, 0.2) is 24.3 Å². The molecule has 1 aromatic heterocycles. The van der Waals surface area contributed by atoms with Crippen molar-refractivity contribution in [2.24, 2.45) is 5.73 Å². The Bertz CT molecular complexity index is 696. The van der Waals surface area contributed by atoms with Gasteiger partial charge in [-0.25, -0.2) is 0 Å². The molecule has 0 atom stereocenters. The molecule has 2 heterocycles. The van der Waals surface area contributed by atoms with Gasteiger partial charge in [0, 0.05) is 35.7 Å². The van der Waals surface area contributed by atoms with Gasteiger partial charge in [0.15, 0.2) is 0 Å². The average molecular weight is 313 g/mol. The van der Waals surface area contributed by atoms with Crippen molar-refractivity contribution in [3.63, 3.8) is 0 Å². The summed E-state index contributed by atoms with van der Waals surface area (Å²) in [5, 5.41) is 0.992. The number of hydrogen-bond acceptors (Lipinski definition) is 2. The quantitative estimate of drug-likeness (QED) is 0.918. The van der Waals surface area contributed by atoms with Crippen LogP contribution < -0.4 is 5.73 Å². The first-order valence-electron chi connectivity index (χ1n) is 8.75. The highest BCUT2D eigenvalue weighted by Gasteiger charge is 2.25. The molecule has 1 aliphatic rings. The number of unbranched alkanes of at least 4 members (excludes halogenated alkanes) is 1. The summed E-state index contributed by atoms with van der Waals surface area (Å²) in [6.45, 7) is 7.77. The molecule has 1 fully saturated rings. The summed E-state index contributed by atoms with van der Waals surface area (Å²) in [6.07, 6.45) is 4.81. The fourth-order valence-corrected chi connectivity index (χ4v) is 3.96. The molecule has 1 amide bonds. The Morgan fingerprint density at radius 2 is 1.96 bits per heavy atom. The predicted octanol–water partition coefficient (Wildman–Crippen LogP) is 3.49. The Balaban J connectivity index is 1.89. The molecule has 0 saturated carbocycles. The van der Waals surface area contributed by atoms with Crippen LogP contribution in [-0.2, 0) is 0 Å². The van der Waals surface area contributed by atoms with Crippen molar-refractivity contribution in [3.05, 3.63) is 35.5 Å². The molecule has 1 saturated heterocycles. The first-order chi connectivity index (χ1) is 11.1. The molecule has 4 nitrogen and oxygen atoms in total. The minimum atomic E-state index is -0.321. The minimum absolute atomic E-state index is 0.321. The molecule has 0 aliphatic carbocycles. The number of nitrogens with two attached hydrogens (primary N) is 1. The number of aromatic nitrogens is 1. The second-order valence-electron chi connectivity index (χ2n) is 6.64. The Morgan fingerprint density at radius 1 is 1.26 bits per heavy atom. The highest BCUT2D eigenvalue weighted by atomic mass is 16.1. The first-order valence-corrected chi connectivity index (χ1v) is 8.75. The molecule has 23 heavy (non-hydrogen) atoms. The lowest BCUT2D eigenvalue weighted by Gasteiger charge is -2.33. The summed E-state index contributed by atoms with van der Waals surface area (Å²) in [6, 6.07) is 8.60. The van der Waals surface area contributed by atoms with E-state index in [0.29, 0.717) is 11.6 Å². The van der Waals surface area contributed by atoms with Crippen molar-refractivity contribution < 1.29 is 4.79 Å². The van der Waals surface area contributed by atoms with E-state index in [1.165, 1.54) is 19.4 Å². The van der Waals surface area contributed by atoms with Crippen LogP contribution in [0.25, 0.3) is 10.9 Å². The molecule has 0 spiro atoms. The Kier molecular flexibility index (Phi) is 4.71. The lowest BCUT2D eigenvalue weighted by molar-refractivity contribution is 0.100. The molecule has 2 N–H and O–H groups in total. The Labute approximate surface area is 138 Å². The summed E-state index contributed by atoms with van der Waals surface area (Å²) in [7, 11) is 0. The lowest BCUT2D eigenvalue weighted by Crippen LogP contribution is -2.35. The fourth-order valence-electron chi connectivity index (χ4n) is 3.96. The van der Waals surface area contributed by atoms with E-state index in [1.807, 2.05) is 25.1 Å². The van der Waals surface area contributed by atoms with Crippen LogP contribution in [-0.4, -0.2) is 35.0 Å². The second kappa shape index (κ2) is 6.75. The maximum absolute atomic E-state index is 11.9. The van der Waals surface area contributed by atoms with Crippen LogP contribution in [0.1, 0.15) is 54.7 Å². The number of rotatable bonds is 5. The van der Waals surface area contributed by atoms with Crippen LogP contribution >= 0.6 is 0 Å². The number of piperidine rings is 1. The summed E-state index contributed by atoms with van der Waals surface area (Å²) in [5.41, 5.74) is 8.49. The van der Waals surface area contributed by atoms with Crippen molar-refractivity contribution in [2.45, 2.75) is 45.6 Å². The topological polar surface area (TPSA) is 51.3 Å². The second-order valence-corrected chi connectivity index (χ2v) is 6.64. The zero-order valence-corrected chi connectivity index (χ0v) is 14.2. The number of carbonyl (C=O) groups is 1. The molecule has 2 aromatic rings. The van der Waals surface area contributed by atoms with Gasteiger partial charge in [0.05, 0.1) is 5.56 Å². The number of nitrogens with zero attached hydrogens (tertiary/aromatic N) is 2. The molecule has 3 rings (SSSR count). The standard InChI is InChI=1S/C19H27N3O/c1-3-4-11-21-12-9-15(10-13-21)22-14(2)18(19(20)23)16-7-5-6-8-17(16)22/h5-8,15H,3-4,9-13H2,1-2H3,(H2,20,23). The highest BCUT2D eigenvalue weighted by molar-refractivity contribution is 6.07. The molecule has 0 radical (unpaired) electrons. The van der Waals surface area contributed by atoms with E-state index in [1.54, 1.807) is 0 Å². The molecule has 1 aromatic carbocycles. The van der Waals surface area contributed by atoms with Crippen LogP contribution in [0, 0.1) is 6.92 Å². The van der Waals surface area contributed by atoms with Gasteiger partial charge in [0.25, 0.3) is 5.91 Å². The first kappa shape index (κ1) is 16.1. The zero-order valence-electron chi connectivity index (χ0n) is 14.2. The van der Waals surface area contributed by atoms with E-state index >= 15 is 0 Å². The van der Waals surface area contributed by atoms with Gasteiger partial charge in [-0.05, 0) is 38.8 Å². The molecular weight excluding hydrogens is 286 g/mol. The molecule has 4 heteroatoms. The normalized spacial score (nSPS) is 17.0. The SMILES string of the molecule is CCCCN1CCC(n2c(C)c(C(N)=O)c3ccccc32)CC1. The van der Waals surface area contributed by atoms with Crippen LogP contribution in [0.3, 0.4) is 0 Å². The predicted molar refractivity (Wildman–Crippen MR) is 94.8 cm³/mol. The number of likely N-dealkylation sites (tertiary alicyclic amines) is 1. The zero-order chi connectivity index (χ0) is 16.4. The van der Waals surface area contributed by atoms with Crippen LogP contribution in [0.5, 0.6) is 0 Å². The number of primary amides is 1. The van der Waals surface area contributed by atoms with Gasteiger partial charge in [-0.2, -0.15) is 0 Å². The summed E-state index contributed by atoms with van der Waals surface area (Å²) in [5.74, 6) is -0.321. The van der Waals surface area contributed by atoms with E-state index in [4.69, 9.17) is 5.73 Å². The smallest absolute Gasteiger partial charge is 0.251 e. The van der Waals surface area contributed by atoms with Crippen LogP contribution in [0.2, 0.25) is 0 Å². The number of fused-ring (bicyclic) bond motifs is 1. The number of carbonyl (C=O) groups excluding carboxylic acids is 1. The van der Waals surface area contributed by atoms with Gasteiger partial charge in [0.1, 0.15) is 0 Å². The maximum Gasteiger partial charge on any atom is 0.251 e. The van der Waals surface area contributed by atoms with Crippen molar-refractivity contribution in [1.29, 1.82) is 0 Å². The molecule has 1 aliphatic heterocycles. The largest absolute Gasteiger partial charge is 0.366 e. The summed E-state index contributed by atoms with van der Waals surface area (Å²) < 4.78 is 2.35. The van der Waals surface area contributed by atoms with E-state index in [0.717, 1.165) is 42.5 Å².